The van der Waals surface area contributed by atoms with E-state index in [-0.39, 0.29) is 12.2 Å². The van der Waals surface area contributed by atoms with E-state index in [9.17, 15) is 9.18 Å². The quantitative estimate of drug-likeness (QED) is 0.471. The monoisotopic (exact) mass is 385 g/mol. The van der Waals surface area contributed by atoms with E-state index in [2.05, 4.69) is 5.32 Å². The Morgan fingerprint density at radius 3 is 2.69 bits per heavy atom. The molecule has 2 aromatic heterocycles. The van der Waals surface area contributed by atoms with E-state index in [1.54, 1.807) is 18.2 Å². The van der Waals surface area contributed by atoms with E-state index in [1.165, 1.54) is 23.5 Å². The first kappa shape index (κ1) is 16.8. The smallest absolute Gasteiger partial charge is 0.196 e. The van der Waals surface area contributed by atoms with Gasteiger partial charge in [0.1, 0.15) is 23.6 Å². The van der Waals surface area contributed by atoms with Crippen LogP contribution < -0.4 is 5.32 Å². The summed E-state index contributed by atoms with van der Waals surface area (Å²) in [6.07, 6.45) is 1.13. The van der Waals surface area contributed by atoms with Gasteiger partial charge in [0, 0.05) is 28.7 Å². The number of carbonyl (C=O) groups is 1. The van der Waals surface area contributed by atoms with Gasteiger partial charge >= 0.3 is 0 Å². The van der Waals surface area contributed by atoms with Gasteiger partial charge in [0.15, 0.2) is 4.96 Å². The van der Waals surface area contributed by atoms with Crippen molar-refractivity contribution in [2.24, 2.45) is 0 Å². The Bertz CT molecular complexity index is 1090. The van der Waals surface area contributed by atoms with Gasteiger partial charge in [-0.3, -0.25) is 4.40 Å². The first-order valence-electron chi connectivity index (χ1n) is 7.87. The second-order valence-electron chi connectivity index (χ2n) is 5.64. The summed E-state index contributed by atoms with van der Waals surface area (Å²) in [4.78, 5) is 16.5. The predicted molar refractivity (Wildman–Crippen MR) is 103 cm³/mol. The molecule has 2 aromatic carbocycles. The van der Waals surface area contributed by atoms with Crippen molar-refractivity contribution in [1.82, 2.24) is 9.38 Å². The van der Waals surface area contributed by atoms with Gasteiger partial charge in [0.2, 0.25) is 0 Å². The van der Waals surface area contributed by atoms with Crippen molar-refractivity contribution in [3.05, 3.63) is 70.4 Å². The van der Waals surface area contributed by atoms with Crippen molar-refractivity contribution in [3.63, 3.8) is 0 Å². The molecule has 0 aliphatic rings. The van der Waals surface area contributed by atoms with Crippen LogP contribution in [0, 0.1) is 5.82 Å². The number of hydrogen-bond acceptors (Lipinski definition) is 4. The molecule has 130 valence electrons. The minimum Gasteiger partial charge on any atom is -0.339 e. The number of thiazole rings is 1. The fraction of sp³-hybridized carbons (Fsp3) is 0.0526. The van der Waals surface area contributed by atoms with Gasteiger partial charge in [-0.25, -0.2) is 9.37 Å². The summed E-state index contributed by atoms with van der Waals surface area (Å²) >= 11 is 7.82. The molecule has 0 aliphatic carbocycles. The van der Waals surface area contributed by atoms with E-state index >= 15 is 0 Å². The van der Waals surface area contributed by atoms with Crippen LogP contribution in [0.15, 0.2) is 53.9 Å². The van der Waals surface area contributed by atoms with Gasteiger partial charge in [-0.05, 0) is 30.3 Å². The number of nitrogens with one attached hydrogen (secondary N) is 1. The number of benzene rings is 2. The Morgan fingerprint density at radius 2 is 1.96 bits per heavy atom. The molecular formula is C19H13ClFN3OS. The third-order valence-corrected chi connectivity index (χ3v) is 5.17. The Hall–Kier alpha value is -2.70. The van der Waals surface area contributed by atoms with Gasteiger partial charge in [0.05, 0.1) is 5.02 Å². The van der Waals surface area contributed by atoms with Crippen LogP contribution in [0.1, 0.15) is 5.69 Å². The highest BCUT2D eigenvalue weighted by Gasteiger charge is 2.20. The van der Waals surface area contributed by atoms with Gasteiger partial charge in [-0.2, -0.15) is 0 Å². The van der Waals surface area contributed by atoms with Crippen LogP contribution in [0.5, 0.6) is 0 Å². The van der Waals surface area contributed by atoms with Crippen LogP contribution in [0.2, 0.25) is 5.02 Å². The van der Waals surface area contributed by atoms with Crippen molar-refractivity contribution in [2.75, 3.05) is 5.32 Å². The molecule has 0 unspecified atom stereocenters. The zero-order chi connectivity index (χ0) is 18.1. The fourth-order valence-corrected chi connectivity index (χ4v) is 3.90. The maximum Gasteiger partial charge on any atom is 0.196 e. The molecule has 0 radical (unpaired) electrons. The van der Waals surface area contributed by atoms with Crippen LogP contribution in [0.25, 0.3) is 16.2 Å². The highest BCUT2D eigenvalue weighted by Crippen LogP contribution is 2.37. The molecule has 2 heterocycles. The van der Waals surface area contributed by atoms with Crippen LogP contribution in [-0.2, 0) is 11.2 Å². The van der Waals surface area contributed by atoms with E-state index < -0.39 is 0 Å². The lowest BCUT2D eigenvalue weighted by Crippen LogP contribution is -2.00. The minimum absolute atomic E-state index is 0.274. The highest BCUT2D eigenvalue weighted by atomic mass is 35.5. The average Bonchev–Trinajstić information content (AvgIpc) is 3.19. The number of fused-ring (bicyclic) bond motifs is 1. The highest BCUT2D eigenvalue weighted by molar-refractivity contribution is 7.15. The number of aldehydes is 1. The van der Waals surface area contributed by atoms with E-state index in [0.29, 0.717) is 22.2 Å². The molecule has 1 N–H and O–H groups in total. The second-order valence-corrected chi connectivity index (χ2v) is 6.88. The minimum atomic E-state index is -0.308. The lowest BCUT2D eigenvalue weighted by atomic mass is 10.1. The maximum absolute atomic E-state index is 13.2. The van der Waals surface area contributed by atoms with Crippen molar-refractivity contribution >= 4 is 45.7 Å². The number of aromatic nitrogens is 2. The van der Waals surface area contributed by atoms with Crippen LogP contribution in [0.4, 0.5) is 15.9 Å². The number of carbonyl (C=O) groups excluding carboxylic acids is 1. The Labute approximate surface area is 157 Å². The van der Waals surface area contributed by atoms with E-state index in [1.807, 2.05) is 28.0 Å². The van der Waals surface area contributed by atoms with Crippen LogP contribution in [-0.4, -0.2) is 15.7 Å². The van der Waals surface area contributed by atoms with Crippen LogP contribution >= 0.6 is 22.9 Å². The number of rotatable bonds is 5. The van der Waals surface area contributed by atoms with Gasteiger partial charge in [0.25, 0.3) is 0 Å². The number of hydrogen-bond donors (Lipinski definition) is 1. The normalized spacial score (nSPS) is 11.0. The molecule has 0 spiro atoms. The largest absolute Gasteiger partial charge is 0.339 e. The predicted octanol–water partition coefficient (Wildman–Crippen LogP) is 5.34. The molecule has 0 bridgehead atoms. The average molecular weight is 386 g/mol. The maximum atomic E-state index is 13.2. The molecule has 0 amide bonds. The van der Waals surface area contributed by atoms with E-state index in [0.717, 1.165) is 22.5 Å². The molecular weight excluding hydrogens is 373 g/mol. The molecule has 0 saturated carbocycles. The first-order chi connectivity index (χ1) is 12.7. The van der Waals surface area contributed by atoms with Gasteiger partial charge in [-0.1, -0.05) is 29.8 Å². The lowest BCUT2D eigenvalue weighted by molar-refractivity contribution is -0.107. The molecule has 4 aromatic rings. The summed E-state index contributed by atoms with van der Waals surface area (Å²) < 4.78 is 15.1. The second kappa shape index (κ2) is 6.90. The van der Waals surface area contributed by atoms with Crippen molar-refractivity contribution in [3.8, 4) is 11.3 Å². The summed E-state index contributed by atoms with van der Waals surface area (Å²) in [5.41, 5.74) is 3.01. The van der Waals surface area contributed by atoms with Gasteiger partial charge in [-0.15, -0.1) is 11.3 Å². The zero-order valence-corrected chi connectivity index (χ0v) is 15.0. The fourth-order valence-electron chi connectivity index (χ4n) is 2.77. The Kier molecular flexibility index (Phi) is 4.44. The molecule has 4 nitrogen and oxygen atoms in total. The topological polar surface area (TPSA) is 46.4 Å². The molecule has 0 fully saturated rings. The number of halogens is 2. The third kappa shape index (κ3) is 2.98. The molecule has 7 heteroatoms. The Balaban J connectivity index is 1.92. The standard InChI is InChI=1S/C19H13ClFN3OS/c20-16-4-2-1-3-15(16)17-18(22-13-7-5-12(21)6-8-13)24-14(9-10-25)11-26-19(24)23-17/h1-8,10-11,22H,9H2. The molecule has 0 saturated heterocycles. The number of anilines is 2. The summed E-state index contributed by atoms with van der Waals surface area (Å²) in [6.45, 7) is 0. The zero-order valence-electron chi connectivity index (χ0n) is 13.4. The summed E-state index contributed by atoms with van der Waals surface area (Å²) in [6, 6.07) is 13.5. The van der Waals surface area contributed by atoms with Crippen LogP contribution in [0.3, 0.4) is 0 Å². The van der Waals surface area contributed by atoms with Crippen molar-refractivity contribution in [1.29, 1.82) is 0 Å². The lowest BCUT2D eigenvalue weighted by Gasteiger charge is -2.10. The number of nitrogens with zero attached hydrogens (tertiary/aromatic N) is 2. The summed E-state index contributed by atoms with van der Waals surface area (Å²) in [5, 5.41) is 5.79. The summed E-state index contributed by atoms with van der Waals surface area (Å²) in [5.74, 6) is 0.385. The molecule has 4 rings (SSSR count). The SMILES string of the molecule is O=CCc1csc2nc(-c3ccccc3Cl)c(Nc3ccc(F)cc3)n12. The molecule has 0 atom stereocenters. The van der Waals surface area contributed by atoms with Crippen molar-refractivity contribution in [2.45, 2.75) is 6.42 Å². The van der Waals surface area contributed by atoms with Gasteiger partial charge < -0.3 is 10.1 Å². The first-order valence-corrected chi connectivity index (χ1v) is 9.13. The van der Waals surface area contributed by atoms with E-state index in [4.69, 9.17) is 16.6 Å². The Morgan fingerprint density at radius 1 is 1.19 bits per heavy atom. The third-order valence-electron chi connectivity index (χ3n) is 3.96. The summed E-state index contributed by atoms with van der Waals surface area (Å²) in [7, 11) is 0. The molecule has 26 heavy (non-hydrogen) atoms. The molecule has 0 aliphatic heterocycles. The number of imidazole rings is 1. The van der Waals surface area contributed by atoms with Crippen molar-refractivity contribution < 1.29 is 9.18 Å².